The zero-order chi connectivity index (χ0) is 22.5. The molecule has 0 bridgehead atoms. The number of carbonyl (C=O) groups excluding carboxylic acids is 1. The Balaban J connectivity index is 1.49. The number of hydrogen-bond acceptors (Lipinski definition) is 3. The van der Waals surface area contributed by atoms with Crippen molar-refractivity contribution in [2.75, 3.05) is 6.61 Å². The van der Waals surface area contributed by atoms with Gasteiger partial charge < -0.3 is 14.6 Å². The van der Waals surface area contributed by atoms with Crippen molar-refractivity contribution in [1.82, 2.24) is 14.9 Å². The Bertz CT molecular complexity index is 1230. The van der Waals surface area contributed by atoms with Crippen LogP contribution in [0.2, 0.25) is 0 Å². The molecule has 5 heteroatoms. The standard InChI is InChI=1S/C27H29N3O2/c1-19-9-8-12-23(17-19)32-16-15-30-25-14-7-6-13-24(25)29-27(30)21(3)28-26(31)18-22-11-5-4-10-20(22)2/h4-14,17,21H,15-16,18H2,1-3H3,(H,28,31). The molecule has 0 aliphatic carbocycles. The zero-order valence-electron chi connectivity index (χ0n) is 18.8. The highest BCUT2D eigenvalue weighted by molar-refractivity contribution is 5.80. The number of carbonyl (C=O) groups is 1. The van der Waals surface area contributed by atoms with Crippen molar-refractivity contribution in [3.05, 3.63) is 95.3 Å². The van der Waals surface area contributed by atoms with Gasteiger partial charge in [0.2, 0.25) is 5.91 Å². The van der Waals surface area contributed by atoms with Gasteiger partial charge in [-0.05, 0) is 61.7 Å². The molecule has 164 valence electrons. The lowest BCUT2D eigenvalue weighted by molar-refractivity contribution is -0.121. The number of hydrogen-bond donors (Lipinski definition) is 1. The lowest BCUT2D eigenvalue weighted by Crippen LogP contribution is -2.30. The largest absolute Gasteiger partial charge is 0.492 e. The highest BCUT2D eigenvalue weighted by Crippen LogP contribution is 2.22. The van der Waals surface area contributed by atoms with Gasteiger partial charge in [0.1, 0.15) is 18.2 Å². The SMILES string of the molecule is Cc1cccc(OCCn2c(C(C)NC(=O)Cc3ccccc3C)nc3ccccc32)c1. The van der Waals surface area contributed by atoms with Gasteiger partial charge >= 0.3 is 0 Å². The first-order valence-corrected chi connectivity index (χ1v) is 11.0. The molecule has 32 heavy (non-hydrogen) atoms. The number of ether oxygens (including phenoxy) is 1. The highest BCUT2D eigenvalue weighted by Gasteiger charge is 2.19. The number of para-hydroxylation sites is 2. The normalized spacial score (nSPS) is 12.0. The first kappa shape index (κ1) is 21.6. The third-order valence-electron chi connectivity index (χ3n) is 5.63. The molecule has 1 heterocycles. The lowest BCUT2D eigenvalue weighted by Gasteiger charge is -2.17. The molecule has 0 spiro atoms. The average Bonchev–Trinajstić information content (AvgIpc) is 3.14. The van der Waals surface area contributed by atoms with E-state index >= 15 is 0 Å². The molecular weight excluding hydrogens is 398 g/mol. The van der Waals surface area contributed by atoms with Crippen LogP contribution in [-0.4, -0.2) is 22.1 Å². The van der Waals surface area contributed by atoms with Crippen molar-refractivity contribution >= 4 is 16.9 Å². The first-order chi connectivity index (χ1) is 15.5. The summed E-state index contributed by atoms with van der Waals surface area (Å²) in [6.07, 6.45) is 0.355. The Morgan fingerprint density at radius 2 is 1.81 bits per heavy atom. The zero-order valence-corrected chi connectivity index (χ0v) is 18.8. The van der Waals surface area contributed by atoms with Crippen LogP contribution in [0.5, 0.6) is 5.75 Å². The van der Waals surface area contributed by atoms with Crippen LogP contribution >= 0.6 is 0 Å². The Morgan fingerprint density at radius 3 is 2.62 bits per heavy atom. The number of imidazole rings is 1. The van der Waals surface area contributed by atoms with Crippen LogP contribution in [-0.2, 0) is 17.8 Å². The summed E-state index contributed by atoms with van der Waals surface area (Å²) < 4.78 is 8.12. The number of nitrogens with zero attached hydrogens (tertiary/aromatic N) is 2. The van der Waals surface area contributed by atoms with E-state index in [4.69, 9.17) is 9.72 Å². The lowest BCUT2D eigenvalue weighted by atomic mass is 10.1. The average molecular weight is 428 g/mol. The maximum atomic E-state index is 12.7. The second kappa shape index (κ2) is 9.69. The molecular formula is C27H29N3O2. The topological polar surface area (TPSA) is 56.1 Å². The Labute approximate surface area is 189 Å². The van der Waals surface area contributed by atoms with Gasteiger partial charge in [-0.15, -0.1) is 0 Å². The van der Waals surface area contributed by atoms with Gasteiger partial charge in [-0.2, -0.15) is 0 Å². The molecule has 1 aromatic heterocycles. The fourth-order valence-corrected chi connectivity index (χ4v) is 3.96. The third-order valence-corrected chi connectivity index (χ3v) is 5.63. The van der Waals surface area contributed by atoms with Crippen LogP contribution in [0.1, 0.15) is 35.5 Å². The first-order valence-electron chi connectivity index (χ1n) is 11.0. The Morgan fingerprint density at radius 1 is 1.03 bits per heavy atom. The van der Waals surface area contributed by atoms with Gasteiger partial charge in [0.25, 0.3) is 0 Å². The van der Waals surface area contributed by atoms with E-state index in [-0.39, 0.29) is 11.9 Å². The molecule has 0 radical (unpaired) electrons. The van der Waals surface area contributed by atoms with Crippen molar-refractivity contribution in [3.63, 3.8) is 0 Å². The molecule has 1 atom stereocenters. The van der Waals surface area contributed by atoms with Crippen LogP contribution in [0.15, 0.2) is 72.8 Å². The molecule has 5 nitrogen and oxygen atoms in total. The molecule has 1 unspecified atom stereocenters. The van der Waals surface area contributed by atoms with Gasteiger partial charge in [-0.3, -0.25) is 4.79 Å². The minimum absolute atomic E-state index is 0.0126. The Hall–Kier alpha value is -3.60. The summed E-state index contributed by atoms with van der Waals surface area (Å²) in [4.78, 5) is 17.6. The second-order valence-electron chi connectivity index (χ2n) is 8.17. The van der Waals surface area contributed by atoms with E-state index in [1.807, 2.05) is 74.5 Å². The smallest absolute Gasteiger partial charge is 0.225 e. The summed E-state index contributed by atoms with van der Waals surface area (Å²) in [6, 6.07) is 23.8. The van der Waals surface area contributed by atoms with E-state index < -0.39 is 0 Å². The predicted octanol–water partition coefficient (Wildman–Crippen LogP) is 5.15. The number of fused-ring (bicyclic) bond motifs is 1. The van der Waals surface area contributed by atoms with E-state index in [9.17, 15) is 4.79 Å². The number of nitrogens with one attached hydrogen (secondary N) is 1. The highest BCUT2D eigenvalue weighted by atomic mass is 16.5. The van der Waals surface area contributed by atoms with Crippen molar-refractivity contribution in [3.8, 4) is 5.75 Å². The minimum atomic E-state index is -0.224. The maximum absolute atomic E-state index is 12.7. The van der Waals surface area contributed by atoms with E-state index in [0.29, 0.717) is 19.6 Å². The van der Waals surface area contributed by atoms with Crippen molar-refractivity contribution in [1.29, 1.82) is 0 Å². The molecule has 0 aliphatic rings. The van der Waals surface area contributed by atoms with Crippen LogP contribution in [0.4, 0.5) is 0 Å². The quantitative estimate of drug-likeness (QED) is 0.423. The number of rotatable bonds is 8. The van der Waals surface area contributed by atoms with E-state index in [2.05, 4.69) is 28.9 Å². The summed E-state index contributed by atoms with van der Waals surface area (Å²) in [5.74, 6) is 1.68. The van der Waals surface area contributed by atoms with E-state index in [0.717, 1.165) is 33.7 Å². The van der Waals surface area contributed by atoms with Crippen LogP contribution < -0.4 is 10.1 Å². The summed E-state index contributed by atoms with van der Waals surface area (Å²) in [6.45, 7) is 7.21. The molecule has 4 aromatic rings. The number of aryl methyl sites for hydroxylation is 2. The second-order valence-corrected chi connectivity index (χ2v) is 8.17. The maximum Gasteiger partial charge on any atom is 0.225 e. The van der Waals surface area contributed by atoms with Gasteiger partial charge in [-0.25, -0.2) is 4.98 Å². The Kier molecular flexibility index (Phi) is 6.55. The van der Waals surface area contributed by atoms with E-state index in [1.54, 1.807) is 0 Å². The fraction of sp³-hybridized carbons (Fsp3) is 0.259. The van der Waals surface area contributed by atoms with Gasteiger partial charge in [0.15, 0.2) is 0 Å². The number of aromatic nitrogens is 2. The number of benzene rings is 3. The fourth-order valence-electron chi connectivity index (χ4n) is 3.96. The molecule has 3 aromatic carbocycles. The molecule has 0 aliphatic heterocycles. The summed E-state index contributed by atoms with van der Waals surface area (Å²) in [7, 11) is 0. The molecule has 0 saturated heterocycles. The monoisotopic (exact) mass is 427 g/mol. The molecule has 0 saturated carbocycles. The van der Waals surface area contributed by atoms with Crippen molar-refractivity contribution in [2.24, 2.45) is 0 Å². The number of amides is 1. The van der Waals surface area contributed by atoms with Gasteiger partial charge in [0, 0.05) is 0 Å². The summed E-state index contributed by atoms with van der Waals surface area (Å²) in [5.41, 5.74) is 5.28. The molecule has 1 N–H and O–H groups in total. The molecule has 4 rings (SSSR count). The van der Waals surface area contributed by atoms with Gasteiger partial charge in [0.05, 0.1) is 30.0 Å². The van der Waals surface area contributed by atoms with Crippen LogP contribution in [0.3, 0.4) is 0 Å². The minimum Gasteiger partial charge on any atom is -0.492 e. The van der Waals surface area contributed by atoms with Crippen LogP contribution in [0, 0.1) is 13.8 Å². The van der Waals surface area contributed by atoms with Gasteiger partial charge in [-0.1, -0.05) is 48.5 Å². The van der Waals surface area contributed by atoms with Crippen LogP contribution in [0.25, 0.3) is 11.0 Å². The van der Waals surface area contributed by atoms with Crippen molar-refractivity contribution in [2.45, 2.75) is 39.8 Å². The summed E-state index contributed by atoms with van der Waals surface area (Å²) in [5, 5.41) is 3.13. The molecule has 0 fully saturated rings. The summed E-state index contributed by atoms with van der Waals surface area (Å²) >= 11 is 0. The van der Waals surface area contributed by atoms with E-state index in [1.165, 1.54) is 5.56 Å². The predicted molar refractivity (Wildman–Crippen MR) is 128 cm³/mol. The third kappa shape index (κ3) is 4.99. The molecule has 1 amide bonds. The van der Waals surface area contributed by atoms with Crippen molar-refractivity contribution < 1.29 is 9.53 Å².